The van der Waals surface area contributed by atoms with Crippen LogP contribution in [0.15, 0.2) is 48.5 Å². The van der Waals surface area contributed by atoms with E-state index in [4.69, 9.17) is 4.74 Å². The molecule has 0 bridgehead atoms. The largest absolute Gasteiger partial charge is 0.487 e. The molecule has 2 aromatic rings. The number of hydrogen-bond donors (Lipinski definition) is 1. The van der Waals surface area contributed by atoms with Crippen molar-refractivity contribution in [3.8, 4) is 5.75 Å². The predicted octanol–water partition coefficient (Wildman–Crippen LogP) is 2.68. The average Bonchev–Trinajstić information content (AvgIpc) is 2.61. The number of carbonyl (C=O) groups is 2. The van der Waals surface area contributed by atoms with E-state index < -0.39 is 16.8 Å². The molecule has 0 saturated carbocycles. The Morgan fingerprint density at radius 3 is 2.52 bits per heavy atom. The Labute approximate surface area is 143 Å². The molecule has 0 atom stereocenters. The molecule has 2 aromatic carbocycles. The van der Waals surface area contributed by atoms with Gasteiger partial charge in [-0.3, -0.25) is 14.9 Å². The van der Waals surface area contributed by atoms with Gasteiger partial charge in [-0.15, -0.1) is 0 Å². The van der Waals surface area contributed by atoms with Crippen LogP contribution in [0, 0.1) is 10.1 Å². The van der Waals surface area contributed by atoms with Crippen molar-refractivity contribution in [2.75, 3.05) is 11.9 Å². The van der Waals surface area contributed by atoms with E-state index in [1.807, 2.05) is 30.3 Å². The van der Waals surface area contributed by atoms with Gasteiger partial charge in [0.15, 0.2) is 0 Å². The number of esters is 1. The number of nitro benzene ring substituents is 1. The Kier molecular flexibility index (Phi) is 6.05. The number of nitro groups is 1. The number of anilines is 1. The van der Waals surface area contributed by atoms with Crippen LogP contribution in [0.1, 0.15) is 12.5 Å². The summed E-state index contributed by atoms with van der Waals surface area (Å²) >= 11 is 0. The van der Waals surface area contributed by atoms with Gasteiger partial charge >= 0.3 is 11.9 Å². The standard InChI is InChI=1S/C17H16N2O6/c1-2-24-17(21)16(20)18-14-10-13(19(22)23)8-9-15(14)25-11-12-6-4-3-5-7-12/h3-10H,2,11H2,1H3,(H,18,20). The molecule has 0 aliphatic heterocycles. The normalized spacial score (nSPS) is 9.96. The van der Waals surface area contributed by atoms with Gasteiger partial charge in [0.2, 0.25) is 0 Å². The molecule has 0 fully saturated rings. The van der Waals surface area contributed by atoms with Gasteiger partial charge in [-0.2, -0.15) is 0 Å². The van der Waals surface area contributed by atoms with E-state index in [2.05, 4.69) is 10.1 Å². The molecule has 1 N–H and O–H groups in total. The first-order chi connectivity index (χ1) is 12.0. The number of rotatable bonds is 6. The van der Waals surface area contributed by atoms with E-state index in [-0.39, 0.29) is 30.3 Å². The maximum atomic E-state index is 11.8. The zero-order chi connectivity index (χ0) is 18.2. The van der Waals surface area contributed by atoms with Crippen molar-refractivity contribution in [1.82, 2.24) is 0 Å². The molecule has 2 rings (SSSR count). The first-order valence-corrected chi connectivity index (χ1v) is 7.44. The number of hydrogen-bond acceptors (Lipinski definition) is 6. The fourth-order valence-corrected chi connectivity index (χ4v) is 1.96. The van der Waals surface area contributed by atoms with Crippen LogP contribution >= 0.6 is 0 Å². The second-order valence-corrected chi connectivity index (χ2v) is 4.89. The third-order valence-electron chi connectivity index (χ3n) is 3.12. The molecule has 0 unspecified atom stereocenters. The maximum Gasteiger partial charge on any atom is 0.397 e. The van der Waals surface area contributed by atoms with Crippen LogP contribution < -0.4 is 10.1 Å². The van der Waals surface area contributed by atoms with Crippen LogP contribution in [0.2, 0.25) is 0 Å². The molecule has 1 amide bonds. The highest BCUT2D eigenvalue weighted by Gasteiger charge is 2.19. The zero-order valence-electron chi connectivity index (χ0n) is 13.4. The minimum absolute atomic E-state index is 0.0168. The lowest BCUT2D eigenvalue weighted by molar-refractivity contribution is -0.384. The van der Waals surface area contributed by atoms with E-state index in [0.717, 1.165) is 11.6 Å². The first kappa shape index (κ1) is 17.9. The number of ether oxygens (including phenoxy) is 2. The molecule has 25 heavy (non-hydrogen) atoms. The predicted molar refractivity (Wildman–Crippen MR) is 89.1 cm³/mol. The van der Waals surface area contributed by atoms with Crippen LogP contribution in [0.4, 0.5) is 11.4 Å². The molecule has 0 spiro atoms. The van der Waals surface area contributed by atoms with Crippen molar-refractivity contribution in [2.24, 2.45) is 0 Å². The van der Waals surface area contributed by atoms with Gasteiger partial charge in [0.25, 0.3) is 5.69 Å². The smallest absolute Gasteiger partial charge is 0.397 e. The van der Waals surface area contributed by atoms with Crippen molar-refractivity contribution in [1.29, 1.82) is 0 Å². The van der Waals surface area contributed by atoms with E-state index in [0.29, 0.717) is 0 Å². The maximum absolute atomic E-state index is 11.8. The number of non-ortho nitro benzene ring substituents is 1. The summed E-state index contributed by atoms with van der Waals surface area (Å²) in [6.45, 7) is 1.80. The van der Waals surface area contributed by atoms with E-state index in [1.54, 1.807) is 6.92 Å². The lowest BCUT2D eigenvalue weighted by Crippen LogP contribution is -2.25. The van der Waals surface area contributed by atoms with Crippen LogP contribution in [0.25, 0.3) is 0 Å². The van der Waals surface area contributed by atoms with E-state index >= 15 is 0 Å². The van der Waals surface area contributed by atoms with Crippen molar-refractivity contribution in [3.05, 3.63) is 64.2 Å². The van der Waals surface area contributed by atoms with Crippen LogP contribution in [-0.4, -0.2) is 23.4 Å². The average molecular weight is 344 g/mol. The third kappa shape index (κ3) is 5.03. The molecule has 8 heteroatoms. The van der Waals surface area contributed by atoms with Gasteiger partial charge in [0.1, 0.15) is 12.4 Å². The highest BCUT2D eigenvalue weighted by molar-refractivity contribution is 6.37. The Morgan fingerprint density at radius 2 is 1.88 bits per heavy atom. The fourth-order valence-electron chi connectivity index (χ4n) is 1.96. The van der Waals surface area contributed by atoms with Gasteiger partial charge in [0.05, 0.1) is 17.2 Å². The molecule has 0 aliphatic carbocycles. The Balaban J connectivity index is 2.21. The number of nitrogens with one attached hydrogen (secondary N) is 1. The van der Waals surface area contributed by atoms with Gasteiger partial charge in [-0.1, -0.05) is 30.3 Å². The summed E-state index contributed by atoms with van der Waals surface area (Å²) in [5, 5.41) is 13.2. The summed E-state index contributed by atoms with van der Waals surface area (Å²) < 4.78 is 10.2. The SMILES string of the molecule is CCOC(=O)C(=O)Nc1cc([N+](=O)[O-])ccc1OCc1ccccc1. The van der Waals surface area contributed by atoms with Crippen LogP contribution in [-0.2, 0) is 20.9 Å². The molecule has 0 radical (unpaired) electrons. The summed E-state index contributed by atoms with van der Waals surface area (Å²) in [5.74, 6) is -1.91. The Morgan fingerprint density at radius 1 is 1.16 bits per heavy atom. The fraction of sp³-hybridized carbons (Fsp3) is 0.176. The number of benzene rings is 2. The molecule has 0 saturated heterocycles. The summed E-state index contributed by atoms with van der Waals surface area (Å²) in [6, 6.07) is 13.0. The highest BCUT2D eigenvalue weighted by Crippen LogP contribution is 2.30. The van der Waals surface area contributed by atoms with Gasteiger partial charge in [0, 0.05) is 12.1 Å². The lowest BCUT2D eigenvalue weighted by Gasteiger charge is -2.12. The van der Waals surface area contributed by atoms with E-state index in [9.17, 15) is 19.7 Å². The summed E-state index contributed by atoms with van der Waals surface area (Å²) in [5.41, 5.74) is 0.651. The first-order valence-electron chi connectivity index (χ1n) is 7.44. The minimum atomic E-state index is -1.08. The monoisotopic (exact) mass is 344 g/mol. The zero-order valence-corrected chi connectivity index (χ0v) is 13.4. The lowest BCUT2D eigenvalue weighted by atomic mass is 10.2. The van der Waals surface area contributed by atoms with Crippen molar-refractivity contribution >= 4 is 23.3 Å². The van der Waals surface area contributed by atoms with Gasteiger partial charge < -0.3 is 14.8 Å². The molecule has 8 nitrogen and oxygen atoms in total. The number of amides is 1. The van der Waals surface area contributed by atoms with Crippen molar-refractivity contribution < 1.29 is 24.0 Å². The molecule has 130 valence electrons. The second-order valence-electron chi connectivity index (χ2n) is 4.89. The van der Waals surface area contributed by atoms with Crippen molar-refractivity contribution in [3.63, 3.8) is 0 Å². The second kappa shape index (κ2) is 8.44. The molecular weight excluding hydrogens is 328 g/mol. The van der Waals surface area contributed by atoms with Crippen LogP contribution in [0.3, 0.4) is 0 Å². The Bertz CT molecular complexity index is 776. The summed E-state index contributed by atoms with van der Waals surface area (Å²) in [4.78, 5) is 33.6. The quantitative estimate of drug-likeness (QED) is 0.373. The minimum Gasteiger partial charge on any atom is -0.487 e. The topological polar surface area (TPSA) is 108 Å². The number of carbonyl (C=O) groups excluding carboxylic acids is 2. The third-order valence-corrected chi connectivity index (χ3v) is 3.12. The summed E-state index contributed by atoms with van der Waals surface area (Å²) in [6.07, 6.45) is 0. The summed E-state index contributed by atoms with van der Waals surface area (Å²) in [7, 11) is 0. The molecule has 0 heterocycles. The van der Waals surface area contributed by atoms with Gasteiger partial charge in [-0.05, 0) is 18.6 Å². The van der Waals surface area contributed by atoms with Crippen LogP contribution in [0.5, 0.6) is 5.75 Å². The molecule has 0 aliphatic rings. The number of nitrogens with zero attached hydrogens (tertiary/aromatic N) is 1. The van der Waals surface area contributed by atoms with Crippen molar-refractivity contribution in [2.45, 2.75) is 13.5 Å². The Hall–Kier alpha value is -3.42. The molecular formula is C17H16N2O6. The van der Waals surface area contributed by atoms with Gasteiger partial charge in [-0.25, -0.2) is 4.79 Å². The molecule has 0 aromatic heterocycles. The highest BCUT2D eigenvalue weighted by atomic mass is 16.6. The van der Waals surface area contributed by atoms with E-state index in [1.165, 1.54) is 12.1 Å².